The van der Waals surface area contributed by atoms with Gasteiger partial charge in [-0.2, -0.15) is 0 Å². The summed E-state index contributed by atoms with van der Waals surface area (Å²) in [5.74, 6) is -0.820. The molecular weight excluding hydrogens is 278 g/mol. The Hall–Kier alpha value is -0.790. The minimum Gasteiger partial charge on any atom is -0.481 e. The van der Waals surface area contributed by atoms with Crippen LogP contribution < -0.4 is 5.32 Å². The Morgan fingerprint density at radius 1 is 1.20 bits per heavy atom. The fourth-order valence-electron chi connectivity index (χ4n) is 2.12. The zero-order chi connectivity index (χ0) is 15.2. The molecule has 0 saturated carbocycles. The first-order chi connectivity index (χ1) is 9.31. The number of carboxylic acid groups (broad SMARTS) is 1. The molecule has 0 aromatic heterocycles. The molecule has 0 radical (unpaired) electrons. The third-order valence-corrected chi connectivity index (χ3v) is 4.45. The van der Waals surface area contributed by atoms with Crippen molar-refractivity contribution in [1.82, 2.24) is 15.1 Å². The number of thioether (sulfide) groups is 1. The van der Waals surface area contributed by atoms with E-state index in [4.69, 9.17) is 5.11 Å². The van der Waals surface area contributed by atoms with E-state index in [1.54, 1.807) is 0 Å². The van der Waals surface area contributed by atoms with E-state index < -0.39 is 5.97 Å². The summed E-state index contributed by atoms with van der Waals surface area (Å²) < 4.78 is 0. The maximum atomic E-state index is 11.7. The predicted molar refractivity (Wildman–Crippen MR) is 81.1 cm³/mol. The summed E-state index contributed by atoms with van der Waals surface area (Å²) in [6.07, 6.45) is 0. The summed E-state index contributed by atoms with van der Waals surface area (Å²) in [4.78, 5) is 26.7. The van der Waals surface area contributed by atoms with E-state index in [-0.39, 0.29) is 23.0 Å². The van der Waals surface area contributed by atoms with Gasteiger partial charge in [0.25, 0.3) is 0 Å². The van der Waals surface area contributed by atoms with Crippen molar-refractivity contribution >= 4 is 23.6 Å². The number of aliphatic carboxylic acids is 1. The Bertz CT molecular complexity index is 342. The number of carboxylic acids is 1. The van der Waals surface area contributed by atoms with Crippen molar-refractivity contribution in [3.8, 4) is 0 Å². The molecule has 0 bridgehead atoms. The zero-order valence-electron chi connectivity index (χ0n) is 12.5. The first kappa shape index (κ1) is 17.3. The average molecular weight is 303 g/mol. The molecule has 1 aliphatic heterocycles. The van der Waals surface area contributed by atoms with E-state index in [2.05, 4.69) is 36.0 Å². The third-order valence-electron chi connectivity index (χ3n) is 3.54. The second-order valence-electron chi connectivity index (χ2n) is 5.77. The van der Waals surface area contributed by atoms with Crippen LogP contribution in [0.25, 0.3) is 0 Å². The number of hydrogen-bond donors (Lipinski definition) is 2. The van der Waals surface area contributed by atoms with E-state index in [0.29, 0.717) is 6.54 Å². The van der Waals surface area contributed by atoms with Gasteiger partial charge in [-0.15, -0.1) is 11.8 Å². The van der Waals surface area contributed by atoms with Gasteiger partial charge in [-0.25, -0.2) is 0 Å². The smallest absolute Gasteiger partial charge is 0.313 e. The lowest BCUT2D eigenvalue weighted by molar-refractivity contribution is -0.133. The number of amides is 1. The molecule has 0 aliphatic carbocycles. The summed E-state index contributed by atoms with van der Waals surface area (Å²) >= 11 is 1.12. The topological polar surface area (TPSA) is 72.9 Å². The van der Waals surface area contributed by atoms with Crippen molar-refractivity contribution in [3.63, 3.8) is 0 Å². The molecule has 7 heteroatoms. The Morgan fingerprint density at radius 2 is 1.80 bits per heavy atom. The SMILES string of the molecule is CN1CCN(C(C)(C)CNC(=O)CSCC(=O)O)CC1. The first-order valence-electron chi connectivity index (χ1n) is 6.81. The summed E-state index contributed by atoms with van der Waals surface area (Å²) in [5.41, 5.74) is -0.0750. The number of carbonyl (C=O) groups is 2. The maximum absolute atomic E-state index is 11.7. The van der Waals surface area contributed by atoms with Crippen LogP contribution in [0.4, 0.5) is 0 Å². The number of nitrogens with zero attached hydrogens (tertiary/aromatic N) is 2. The Labute approximate surface area is 124 Å². The van der Waals surface area contributed by atoms with Crippen molar-refractivity contribution in [1.29, 1.82) is 0 Å². The summed E-state index contributed by atoms with van der Waals surface area (Å²) in [6.45, 7) is 8.95. The van der Waals surface area contributed by atoms with Gasteiger partial charge >= 0.3 is 5.97 Å². The highest BCUT2D eigenvalue weighted by Gasteiger charge is 2.29. The standard InChI is InChI=1S/C13H25N3O3S/c1-13(2,16-6-4-15(3)5-7-16)10-14-11(17)8-20-9-12(18)19/h4-10H2,1-3H3,(H,14,17)(H,18,19). The molecule has 0 spiro atoms. The molecule has 1 rings (SSSR count). The predicted octanol–water partition coefficient (Wildman–Crippen LogP) is -0.0536. The Morgan fingerprint density at radius 3 is 2.35 bits per heavy atom. The first-order valence-corrected chi connectivity index (χ1v) is 7.96. The lowest BCUT2D eigenvalue weighted by Crippen LogP contribution is -2.57. The van der Waals surface area contributed by atoms with Crippen LogP contribution in [0.1, 0.15) is 13.8 Å². The monoisotopic (exact) mass is 303 g/mol. The van der Waals surface area contributed by atoms with Crippen LogP contribution in [0.15, 0.2) is 0 Å². The summed E-state index contributed by atoms with van der Waals surface area (Å²) in [6, 6.07) is 0. The zero-order valence-corrected chi connectivity index (χ0v) is 13.3. The molecule has 0 unspecified atom stereocenters. The van der Waals surface area contributed by atoms with Gasteiger partial charge < -0.3 is 15.3 Å². The maximum Gasteiger partial charge on any atom is 0.313 e. The number of rotatable bonds is 7. The van der Waals surface area contributed by atoms with Crippen molar-refractivity contribution < 1.29 is 14.7 Å². The molecule has 1 aliphatic rings. The van der Waals surface area contributed by atoms with Gasteiger partial charge in [-0.1, -0.05) is 0 Å². The van der Waals surface area contributed by atoms with Crippen LogP contribution in [0.3, 0.4) is 0 Å². The molecule has 1 heterocycles. The lowest BCUT2D eigenvalue weighted by atomic mass is 10.0. The van der Waals surface area contributed by atoms with Crippen LogP contribution in [-0.4, -0.2) is 83.6 Å². The molecule has 6 nitrogen and oxygen atoms in total. The van der Waals surface area contributed by atoms with Crippen LogP contribution in [0, 0.1) is 0 Å². The second kappa shape index (κ2) is 7.85. The van der Waals surface area contributed by atoms with Crippen LogP contribution in [0.5, 0.6) is 0 Å². The van der Waals surface area contributed by atoms with E-state index in [1.165, 1.54) is 0 Å². The molecule has 1 saturated heterocycles. The van der Waals surface area contributed by atoms with Gasteiger partial charge in [0.15, 0.2) is 0 Å². The molecular formula is C13H25N3O3S. The van der Waals surface area contributed by atoms with Crippen LogP contribution >= 0.6 is 11.8 Å². The van der Waals surface area contributed by atoms with Crippen LogP contribution in [-0.2, 0) is 9.59 Å². The fraction of sp³-hybridized carbons (Fsp3) is 0.846. The molecule has 1 fully saturated rings. The van der Waals surface area contributed by atoms with Gasteiger partial charge in [0.2, 0.25) is 5.91 Å². The number of carbonyl (C=O) groups excluding carboxylic acids is 1. The summed E-state index contributed by atoms with van der Waals surface area (Å²) in [7, 11) is 2.12. The van der Waals surface area contributed by atoms with E-state index in [1.807, 2.05) is 0 Å². The van der Waals surface area contributed by atoms with Crippen molar-refractivity contribution in [2.24, 2.45) is 0 Å². The minimum atomic E-state index is -0.888. The molecule has 0 atom stereocenters. The second-order valence-corrected chi connectivity index (χ2v) is 6.75. The van der Waals surface area contributed by atoms with Gasteiger partial charge in [-0.05, 0) is 20.9 Å². The Balaban J connectivity index is 2.28. The van der Waals surface area contributed by atoms with Gasteiger partial charge in [-0.3, -0.25) is 14.5 Å². The van der Waals surface area contributed by atoms with E-state index >= 15 is 0 Å². The summed E-state index contributed by atoms with van der Waals surface area (Å²) in [5, 5.41) is 11.4. The highest BCUT2D eigenvalue weighted by atomic mass is 32.2. The number of hydrogen-bond acceptors (Lipinski definition) is 5. The number of nitrogens with one attached hydrogen (secondary N) is 1. The van der Waals surface area contributed by atoms with Crippen molar-refractivity contribution in [2.45, 2.75) is 19.4 Å². The highest BCUT2D eigenvalue weighted by Crippen LogP contribution is 2.15. The molecule has 116 valence electrons. The molecule has 20 heavy (non-hydrogen) atoms. The largest absolute Gasteiger partial charge is 0.481 e. The highest BCUT2D eigenvalue weighted by molar-refractivity contribution is 8.00. The van der Waals surface area contributed by atoms with Gasteiger partial charge in [0.1, 0.15) is 0 Å². The quantitative estimate of drug-likeness (QED) is 0.687. The van der Waals surface area contributed by atoms with Gasteiger partial charge in [0, 0.05) is 38.3 Å². The molecule has 0 aromatic carbocycles. The normalized spacial score (nSPS) is 17.9. The third kappa shape index (κ3) is 6.11. The Kier molecular flexibility index (Phi) is 6.78. The van der Waals surface area contributed by atoms with E-state index in [0.717, 1.165) is 37.9 Å². The van der Waals surface area contributed by atoms with Gasteiger partial charge in [0.05, 0.1) is 11.5 Å². The van der Waals surface area contributed by atoms with Crippen LogP contribution in [0.2, 0.25) is 0 Å². The van der Waals surface area contributed by atoms with E-state index in [9.17, 15) is 9.59 Å². The molecule has 1 amide bonds. The average Bonchev–Trinajstić information content (AvgIpc) is 2.36. The fourth-order valence-corrected chi connectivity index (χ4v) is 2.68. The van der Waals surface area contributed by atoms with Crippen molar-refractivity contribution in [3.05, 3.63) is 0 Å². The minimum absolute atomic E-state index is 0.0325. The molecule has 2 N–H and O–H groups in total. The number of likely N-dealkylation sites (N-methyl/N-ethyl adjacent to an activating group) is 1. The molecule has 0 aromatic rings. The number of piperazine rings is 1. The van der Waals surface area contributed by atoms with Crippen molar-refractivity contribution in [2.75, 3.05) is 51.3 Å². The lowest BCUT2D eigenvalue weighted by Gasteiger charge is -2.43.